The molecule has 1 aromatic carbocycles. The van der Waals surface area contributed by atoms with Crippen molar-refractivity contribution in [1.82, 2.24) is 5.32 Å². The van der Waals surface area contributed by atoms with Crippen LogP contribution < -0.4 is 10.1 Å². The van der Waals surface area contributed by atoms with Gasteiger partial charge in [0, 0.05) is 6.04 Å². The van der Waals surface area contributed by atoms with Gasteiger partial charge in [0.1, 0.15) is 5.75 Å². The Bertz CT molecular complexity index is 431. The van der Waals surface area contributed by atoms with Crippen molar-refractivity contribution in [3.05, 3.63) is 29.8 Å². The maximum Gasteiger partial charge on any atom is 0.122 e. The lowest BCUT2D eigenvalue weighted by molar-refractivity contribution is 0.239. The molecule has 1 aliphatic heterocycles. The number of benzene rings is 1. The molecule has 0 amide bonds. The summed E-state index contributed by atoms with van der Waals surface area (Å²) >= 11 is 0. The van der Waals surface area contributed by atoms with Crippen molar-refractivity contribution in [2.24, 2.45) is 11.8 Å². The normalized spacial score (nSPS) is 33.8. The minimum absolute atomic E-state index is 0.702. The second-order valence-electron chi connectivity index (χ2n) is 6.20. The van der Waals surface area contributed by atoms with Gasteiger partial charge < -0.3 is 10.1 Å². The molecule has 4 atom stereocenters. The third-order valence-corrected chi connectivity index (χ3v) is 5.27. The first-order chi connectivity index (χ1) is 9.29. The molecule has 0 radical (unpaired) electrons. The molecule has 19 heavy (non-hydrogen) atoms. The fraction of sp³-hybridized carbons (Fsp3) is 0.647. The predicted octanol–water partition coefficient (Wildman–Crippen LogP) is 3.58. The molecule has 1 heterocycles. The van der Waals surface area contributed by atoms with E-state index in [-0.39, 0.29) is 0 Å². The molecule has 0 bridgehead atoms. The fourth-order valence-electron chi connectivity index (χ4n) is 4.01. The summed E-state index contributed by atoms with van der Waals surface area (Å²) in [5.41, 5.74) is 1.44. The van der Waals surface area contributed by atoms with Crippen LogP contribution in [0.5, 0.6) is 5.75 Å². The topological polar surface area (TPSA) is 21.3 Å². The molecule has 4 unspecified atom stereocenters. The van der Waals surface area contributed by atoms with Crippen LogP contribution in [-0.2, 0) is 0 Å². The van der Waals surface area contributed by atoms with E-state index in [0.717, 1.165) is 30.2 Å². The van der Waals surface area contributed by atoms with Gasteiger partial charge in [-0.1, -0.05) is 25.1 Å². The van der Waals surface area contributed by atoms with E-state index in [1.54, 1.807) is 0 Å². The van der Waals surface area contributed by atoms with Gasteiger partial charge in [0.25, 0.3) is 0 Å². The molecule has 1 fully saturated rings. The predicted molar refractivity (Wildman–Crippen MR) is 78.6 cm³/mol. The van der Waals surface area contributed by atoms with Crippen LogP contribution in [0.1, 0.15) is 44.1 Å². The van der Waals surface area contributed by atoms with E-state index < -0.39 is 0 Å². The Morgan fingerprint density at radius 3 is 2.84 bits per heavy atom. The second-order valence-corrected chi connectivity index (χ2v) is 6.20. The molecule has 1 aromatic rings. The average Bonchev–Trinajstić information content (AvgIpc) is 2.80. The molecule has 1 aliphatic carbocycles. The highest BCUT2D eigenvalue weighted by Crippen LogP contribution is 2.43. The third-order valence-electron chi connectivity index (χ3n) is 5.27. The second kappa shape index (κ2) is 5.54. The van der Waals surface area contributed by atoms with Gasteiger partial charge in [0.2, 0.25) is 0 Å². The smallest absolute Gasteiger partial charge is 0.122 e. The first-order valence-electron chi connectivity index (χ1n) is 7.68. The summed E-state index contributed by atoms with van der Waals surface area (Å²) in [7, 11) is 2.10. The molecule has 3 rings (SSSR count). The van der Waals surface area contributed by atoms with E-state index in [2.05, 4.69) is 43.6 Å². The highest BCUT2D eigenvalue weighted by Gasteiger charge is 2.34. The quantitative estimate of drug-likeness (QED) is 0.896. The van der Waals surface area contributed by atoms with Crippen LogP contribution in [0.2, 0.25) is 0 Å². The molecule has 1 N–H and O–H groups in total. The van der Waals surface area contributed by atoms with Gasteiger partial charge in [-0.3, -0.25) is 0 Å². The fourth-order valence-corrected chi connectivity index (χ4v) is 4.01. The highest BCUT2D eigenvalue weighted by molar-refractivity contribution is 5.37. The zero-order valence-corrected chi connectivity index (χ0v) is 12.1. The standard InChI is InChI=1S/C17H25NO/c1-12-13(7-8-16(12)18-2)11-14-9-10-19-17-6-4-3-5-15(14)17/h3-6,12-14,16,18H,7-11H2,1-2H3. The molecule has 0 spiro atoms. The van der Waals surface area contributed by atoms with E-state index in [1.165, 1.54) is 31.2 Å². The van der Waals surface area contributed by atoms with Crippen molar-refractivity contribution in [2.75, 3.05) is 13.7 Å². The molecular formula is C17H25NO. The van der Waals surface area contributed by atoms with Gasteiger partial charge in [0.05, 0.1) is 6.61 Å². The number of ether oxygens (including phenoxy) is 1. The maximum atomic E-state index is 5.77. The summed E-state index contributed by atoms with van der Waals surface area (Å²) in [6.45, 7) is 3.31. The Balaban J connectivity index is 1.71. The number of hydrogen-bond donors (Lipinski definition) is 1. The number of para-hydroxylation sites is 1. The Kier molecular flexibility index (Phi) is 3.79. The van der Waals surface area contributed by atoms with Crippen LogP contribution in [0.4, 0.5) is 0 Å². The molecule has 1 saturated carbocycles. The first kappa shape index (κ1) is 13.0. The van der Waals surface area contributed by atoms with Crippen LogP contribution in [0, 0.1) is 11.8 Å². The summed E-state index contributed by atoms with van der Waals surface area (Å²) in [5, 5.41) is 3.48. The Labute approximate surface area is 116 Å². The number of nitrogens with one attached hydrogen (secondary N) is 1. The van der Waals surface area contributed by atoms with Gasteiger partial charge in [-0.05, 0) is 62.1 Å². The molecule has 2 nitrogen and oxygen atoms in total. The molecule has 0 aromatic heterocycles. The first-order valence-corrected chi connectivity index (χ1v) is 7.68. The van der Waals surface area contributed by atoms with Gasteiger partial charge in [-0.15, -0.1) is 0 Å². The summed E-state index contributed by atoms with van der Waals surface area (Å²) in [6, 6.07) is 9.33. The monoisotopic (exact) mass is 259 g/mol. The van der Waals surface area contributed by atoms with Crippen LogP contribution in [-0.4, -0.2) is 19.7 Å². The summed E-state index contributed by atoms with van der Waals surface area (Å²) < 4.78 is 5.77. The molecule has 104 valence electrons. The van der Waals surface area contributed by atoms with Crippen molar-refractivity contribution in [3.8, 4) is 5.75 Å². The Hall–Kier alpha value is -1.02. The lowest BCUT2D eigenvalue weighted by Crippen LogP contribution is -2.30. The zero-order valence-electron chi connectivity index (χ0n) is 12.1. The number of hydrogen-bond acceptors (Lipinski definition) is 2. The van der Waals surface area contributed by atoms with Gasteiger partial charge in [-0.2, -0.15) is 0 Å². The van der Waals surface area contributed by atoms with E-state index in [4.69, 9.17) is 4.74 Å². The highest BCUT2D eigenvalue weighted by atomic mass is 16.5. The van der Waals surface area contributed by atoms with Crippen molar-refractivity contribution in [2.45, 2.75) is 44.6 Å². The Morgan fingerprint density at radius 1 is 1.21 bits per heavy atom. The summed E-state index contributed by atoms with van der Waals surface area (Å²) in [4.78, 5) is 0. The van der Waals surface area contributed by atoms with E-state index in [1.807, 2.05) is 0 Å². The van der Waals surface area contributed by atoms with Crippen molar-refractivity contribution < 1.29 is 4.74 Å². The Morgan fingerprint density at radius 2 is 2.05 bits per heavy atom. The van der Waals surface area contributed by atoms with E-state index in [9.17, 15) is 0 Å². The number of fused-ring (bicyclic) bond motifs is 1. The average molecular weight is 259 g/mol. The van der Waals surface area contributed by atoms with Crippen molar-refractivity contribution in [1.29, 1.82) is 0 Å². The maximum absolute atomic E-state index is 5.77. The largest absolute Gasteiger partial charge is 0.493 e. The lowest BCUT2D eigenvalue weighted by atomic mass is 9.81. The molecule has 2 aliphatic rings. The zero-order chi connectivity index (χ0) is 13.2. The molecule has 0 saturated heterocycles. The van der Waals surface area contributed by atoms with Gasteiger partial charge in [0.15, 0.2) is 0 Å². The van der Waals surface area contributed by atoms with Gasteiger partial charge in [-0.25, -0.2) is 0 Å². The van der Waals surface area contributed by atoms with Crippen molar-refractivity contribution in [3.63, 3.8) is 0 Å². The van der Waals surface area contributed by atoms with Crippen molar-refractivity contribution >= 4 is 0 Å². The summed E-state index contributed by atoms with van der Waals surface area (Å²) in [6.07, 6.45) is 5.24. The van der Waals surface area contributed by atoms with Crippen LogP contribution >= 0.6 is 0 Å². The minimum atomic E-state index is 0.702. The van der Waals surface area contributed by atoms with Crippen LogP contribution in [0.25, 0.3) is 0 Å². The lowest BCUT2D eigenvalue weighted by Gasteiger charge is -2.30. The minimum Gasteiger partial charge on any atom is -0.493 e. The summed E-state index contributed by atoms with van der Waals surface area (Å²) in [5.74, 6) is 3.50. The number of rotatable bonds is 3. The third kappa shape index (κ3) is 2.51. The van der Waals surface area contributed by atoms with Gasteiger partial charge >= 0.3 is 0 Å². The SMILES string of the molecule is CNC1CCC(CC2CCOc3ccccc32)C1C. The molecular weight excluding hydrogens is 234 g/mol. The van der Waals surface area contributed by atoms with Crippen LogP contribution in [0.15, 0.2) is 24.3 Å². The van der Waals surface area contributed by atoms with E-state index in [0.29, 0.717) is 5.92 Å². The van der Waals surface area contributed by atoms with Crippen LogP contribution in [0.3, 0.4) is 0 Å². The van der Waals surface area contributed by atoms with E-state index >= 15 is 0 Å². The molecule has 2 heteroatoms.